The summed E-state index contributed by atoms with van der Waals surface area (Å²) in [4.78, 5) is 19.3. The maximum Gasteiger partial charge on any atom is 0.177 e. The molecule has 0 aromatic carbocycles. The number of fused-ring (bicyclic) bond motifs is 1. The first-order valence-corrected chi connectivity index (χ1v) is 11.4. The Hall–Kier alpha value is -2.74. The van der Waals surface area contributed by atoms with Gasteiger partial charge >= 0.3 is 0 Å². The van der Waals surface area contributed by atoms with Gasteiger partial charge in [-0.25, -0.2) is 14.5 Å². The Balaban J connectivity index is 1.36. The van der Waals surface area contributed by atoms with Crippen LogP contribution in [-0.4, -0.2) is 64.0 Å². The fourth-order valence-corrected chi connectivity index (χ4v) is 4.67. The Bertz CT molecular complexity index is 1090. The predicted molar refractivity (Wildman–Crippen MR) is 119 cm³/mol. The van der Waals surface area contributed by atoms with Crippen LogP contribution in [0.4, 0.5) is 11.5 Å². The molecule has 8 nitrogen and oxygen atoms in total. The van der Waals surface area contributed by atoms with Crippen LogP contribution in [0, 0.1) is 13.8 Å². The SMILES string of the molecule is Cc1ncc(C)n2nc(CC3(c4cc(N5CCOCC5)cc(N5CCC5)n4)CC3)nc12. The van der Waals surface area contributed by atoms with Crippen LogP contribution in [0.25, 0.3) is 5.65 Å². The number of morpholine rings is 1. The second-order valence-corrected chi connectivity index (χ2v) is 9.21. The lowest BCUT2D eigenvalue weighted by atomic mass is 9.96. The largest absolute Gasteiger partial charge is 0.378 e. The molecule has 0 spiro atoms. The molecule has 1 saturated carbocycles. The van der Waals surface area contributed by atoms with Crippen molar-refractivity contribution in [2.75, 3.05) is 49.2 Å². The number of aryl methyl sites for hydroxylation is 2. The summed E-state index contributed by atoms with van der Waals surface area (Å²) in [5.41, 5.74) is 5.31. The molecular weight excluding hydrogens is 390 g/mol. The molecule has 0 amide bonds. The lowest BCUT2D eigenvalue weighted by molar-refractivity contribution is 0.122. The summed E-state index contributed by atoms with van der Waals surface area (Å²) in [6.07, 6.45) is 6.21. The van der Waals surface area contributed by atoms with Crippen LogP contribution in [0.3, 0.4) is 0 Å². The lowest BCUT2D eigenvalue weighted by Crippen LogP contribution is -2.39. The first-order valence-electron chi connectivity index (χ1n) is 11.4. The van der Waals surface area contributed by atoms with Gasteiger partial charge in [0, 0.05) is 56.0 Å². The van der Waals surface area contributed by atoms with Crippen molar-refractivity contribution >= 4 is 17.2 Å². The van der Waals surface area contributed by atoms with E-state index in [2.05, 4.69) is 26.9 Å². The molecule has 3 aromatic rings. The highest BCUT2D eigenvalue weighted by Crippen LogP contribution is 2.51. The molecule has 31 heavy (non-hydrogen) atoms. The van der Waals surface area contributed by atoms with E-state index in [0.717, 1.165) is 87.3 Å². The third kappa shape index (κ3) is 3.33. The zero-order chi connectivity index (χ0) is 21.0. The minimum Gasteiger partial charge on any atom is -0.378 e. The third-order valence-corrected chi connectivity index (χ3v) is 7.00. The van der Waals surface area contributed by atoms with Crippen LogP contribution >= 0.6 is 0 Å². The van der Waals surface area contributed by atoms with Crippen LogP contribution in [-0.2, 0) is 16.6 Å². The minimum atomic E-state index is 0.0437. The fraction of sp³-hybridized carbons (Fsp3) is 0.565. The molecule has 0 bridgehead atoms. The van der Waals surface area contributed by atoms with Crippen LogP contribution in [0.1, 0.15) is 42.2 Å². The van der Waals surface area contributed by atoms with Gasteiger partial charge in [-0.2, -0.15) is 5.10 Å². The minimum absolute atomic E-state index is 0.0437. The van der Waals surface area contributed by atoms with E-state index in [1.807, 2.05) is 24.6 Å². The van der Waals surface area contributed by atoms with Gasteiger partial charge in [-0.15, -0.1) is 0 Å². The number of ether oxygens (including phenoxy) is 1. The van der Waals surface area contributed by atoms with Crippen molar-refractivity contribution in [1.82, 2.24) is 24.6 Å². The quantitative estimate of drug-likeness (QED) is 0.629. The normalized spacial score (nSPS) is 20.2. The summed E-state index contributed by atoms with van der Waals surface area (Å²) in [5.74, 6) is 2.01. The van der Waals surface area contributed by atoms with Crippen molar-refractivity contribution in [3.8, 4) is 0 Å². The van der Waals surface area contributed by atoms with E-state index in [0.29, 0.717) is 0 Å². The van der Waals surface area contributed by atoms with Crippen LogP contribution in [0.5, 0.6) is 0 Å². The van der Waals surface area contributed by atoms with Crippen molar-refractivity contribution in [3.63, 3.8) is 0 Å². The van der Waals surface area contributed by atoms with Crippen molar-refractivity contribution in [1.29, 1.82) is 0 Å². The molecule has 1 aliphatic carbocycles. The summed E-state index contributed by atoms with van der Waals surface area (Å²) in [6.45, 7) is 9.69. The fourth-order valence-electron chi connectivity index (χ4n) is 4.67. The molecule has 6 rings (SSSR count). The number of anilines is 2. The number of rotatable bonds is 5. The summed E-state index contributed by atoms with van der Waals surface area (Å²) in [5, 5.41) is 4.82. The van der Waals surface area contributed by atoms with Crippen molar-refractivity contribution in [3.05, 3.63) is 41.2 Å². The zero-order valence-electron chi connectivity index (χ0n) is 18.3. The first kappa shape index (κ1) is 19.0. The molecule has 3 fully saturated rings. The lowest BCUT2D eigenvalue weighted by Gasteiger charge is -2.35. The van der Waals surface area contributed by atoms with Gasteiger partial charge in [0.2, 0.25) is 0 Å². The molecule has 0 N–H and O–H groups in total. The molecule has 5 heterocycles. The monoisotopic (exact) mass is 419 g/mol. The van der Waals surface area contributed by atoms with E-state index >= 15 is 0 Å². The number of pyridine rings is 1. The van der Waals surface area contributed by atoms with Gasteiger partial charge in [0.05, 0.1) is 30.3 Å². The molecule has 3 aliphatic rings. The zero-order valence-corrected chi connectivity index (χ0v) is 18.3. The Labute approximate surface area is 182 Å². The summed E-state index contributed by atoms with van der Waals surface area (Å²) in [7, 11) is 0. The Morgan fingerprint density at radius 1 is 1.00 bits per heavy atom. The van der Waals surface area contributed by atoms with E-state index in [1.54, 1.807) is 0 Å². The van der Waals surface area contributed by atoms with Gasteiger partial charge in [0.15, 0.2) is 11.5 Å². The molecule has 2 saturated heterocycles. The molecule has 0 atom stereocenters. The topological polar surface area (TPSA) is 71.7 Å². The molecule has 3 aromatic heterocycles. The Morgan fingerprint density at radius 2 is 1.81 bits per heavy atom. The predicted octanol–water partition coefficient (Wildman–Crippen LogP) is 2.46. The summed E-state index contributed by atoms with van der Waals surface area (Å²) >= 11 is 0. The second-order valence-electron chi connectivity index (χ2n) is 9.21. The van der Waals surface area contributed by atoms with Gasteiger partial charge in [0.1, 0.15) is 5.82 Å². The van der Waals surface area contributed by atoms with Crippen molar-refractivity contribution in [2.45, 2.75) is 44.9 Å². The number of hydrogen-bond donors (Lipinski definition) is 0. The van der Waals surface area contributed by atoms with Gasteiger partial charge in [0.25, 0.3) is 0 Å². The van der Waals surface area contributed by atoms with Crippen molar-refractivity contribution in [2.24, 2.45) is 0 Å². The van der Waals surface area contributed by atoms with E-state index in [-0.39, 0.29) is 5.41 Å². The Kier molecular flexibility index (Phi) is 4.38. The molecule has 0 unspecified atom stereocenters. The third-order valence-electron chi connectivity index (χ3n) is 7.00. The average Bonchev–Trinajstić information content (AvgIpc) is 3.40. The standard InChI is InChI=1S/C23H29N7O/c1-16-15-24-17(2)22-26-20(27-30(16)22)14-23(4-5-23)19-12-18(28-8-10-31-11-9-28)13-21(25-19)29-6-3-7-29/h12-13,15H,3-11,14H2,1-2H3. The van der Waals surface area contributed by atoms with E-state index in [9.17, 15) is 0 Å². The summed E-state index contributed by atoms with van der Waals surface area (Å²) < 4.78 is 7.50. The number of nitrogens with zero attached hydrogens (tertiary/aromatic N) is 7. The highest BCUT2D eigenvalue weighted by atomic mass is 16.5. The van der Waals surface area contributed by atoms with E-state index in [4.69, 9.17) is 19.8 Å². The first-order chi connectivity index (χ1) is 15.1. The van der Waals surface area contributed by atoms with E-state index < -0.39 is 0 Å². The van der Waals surface area contributed by atoms with Crippen LogP contribution in [0.2, 0.25) is 0 Å². The van der Waals surface area contributed by atoms with Gasteiger partial charge in [-0.1, -0.05) is 0 Å². The molecule has 2 aliphatic heterocycles. The number of hydrogen-bond acceptors (Lipinski definition) is 7. The molecule has 0 radical (unpaired) electrons. The summed E-state index contributed by atoms with van der Waals surface area (Å²) in [6, 6.07) is 4.58. The van der Waals surface area contributed by atoms with Gasteiger partial charge in [-0.05, 0) is 39.2 Å². The highest BCUT2D eigenvalue weighted by molar-refractivity contribution is 5.59. The molecular formula is C23H29N7O. The van der Waals surface area contributed by atoms with E-state index in [1.165, 1.54) is 17.8 Å². The maximum atomic E-state index is 5.58. The molecule has 8 heteroatoms. The highest BCUT2D eigenvalue weighted by Gasteiger charge is 2.47. The van der Waals surface area contributed by atoms with Gasteiger partial charge in [-0.3, -0.25) is 4.98 Å². The Morgan fingerprint density at radius 3 is 2.48 bits per heavy atom. The van der Waals surface area contributed by atoms with Crippen LogP contribution in [0.15, 0.2) is 18.3 Å². The number of aromatic nitrogens is 5. The van der Waals surface area contributed by atoms with Crippen LogP contribution < -0.4 is 9.80 Å². The maximum absolute atomic E-state index is 5.58. The van der Waals surface area contributed by atoms with Gasteiger partial charge < -0.3 is 14.5 Å². The van der Waals surface area contributed by atoms with Crippen molar-refractivity contribution < 1.29 is 4.74 Å². The smallest absolute Gasteiger partial charge is 0.177 e. The second kappa shape index (κ2) is 7.15. The average molecular weight is 420 g/mol. The molecule has 162 valence electrons.